The minimum Gasteiger partial charge on any atom is -0.468 e. The van der Waals surface area contributed by atoms with E-state index in [0.717, 1.165) is 13.0 Å². The van der Waals surface area contributed by atoms with Gasteiger partial charge in [0.25, 0.3) is 0 Å². The van der Waals surface area contributed by atoms with Gasteiger partial charge in [-0.05, 0) is 31.6 Å². The van der Waals surface area contributed by atoms with Gasteiger partial charge in [0, 0.05) is 19.5 Å². The lowest BCUT2D eigenvalue weighted by Crippen LogP contribution is -2.41. The molecule has 0 spiro atoms. The summed E-state index contributed by atoms with van der Waals surface area (Å²) in [4.78, 5) is 13.9. The largest absolute Gasteiger partial charge is 0.468 e. The molecule has 0 aromatic carbocycles. The molecule has 1 fully saturated rings. The fraction of sp³-hybridized carbons (Fsp3) is 0.800. The third-order valence-electron chi connectivity index (χ3n) is 4.65. The quantitative estimate of drug-likeness (QED) is 0.623. The molecule has 4 atom stereocenters. The van der Waals surface area contributed by atoms with Crippen LogP contribution >= 0.6 is 0 Å². The Morgan fingerprint density at radius 1 is 1.58 bits per heavy atom. The normalized spacial score (nSPS) is 36.1. The number of allylic oxidation sites excluding steroid dienone is 1. The van der Waals surface area contributed by atoms with Crippen molar-refractivity contribution in [3.63, 3.8) is 0 Å². The van der Waals surface area contributed by atoms with Crippen molar-refractivity contribution in [2.24, 2.45) is 11.8 Å². The van der Waals surface area contributed by atoms with E-state index in [1.165, 1.54) is 19.1 Å². The van der Waals surface area contributed by atoms with Crippen LogP contribution in [0.15, 0.2) is 11.6 Å². The maximum Gasteiger partial charge on any atom is 0.323 e. The van der Waals surface area contributed by atoms with E-state index in [2.05, 4.69) is 24.8 Å². The minimum absolute atomic E-state index is 0.221. The first kappa shape index (κ1) is 14.5. The lowest BCUT2D eigenvalue weighted by molar-refractivity contribution is -0.146. The topological polar surface area (TPSA) is 49.8 Å². The van der Waals surface area contributed by atoms with Gasteiger partial charge >= 0.3 is 5.97 Å². The molecule has 4 unspecified atom stereocenters. The van der Waals surface area contributed by atoms with Crippen LogP contribution in [-0.2, 0) is 9.53 Å². The van der Waals surface area contributed by atoms with Gasteiger partial charge in [-0.2, -0.15) is 0 Å². The predicted molar refractivity (Wildman–Crippen MR) is 73.6 cm³/mol. The molecule has 19 heavy (non-hydrogen) atoms. The molecule has 2 aliphatic rings. The lowest BCUT2D eigenvalue weighted by atomic mass is 9.79. The molecule has 1 heterocycles. The Labute approximate surface area is 115 Å². The summed E-state index contributed by atoms with van der Waals surface area (Å²) in [5.41, 5.74) is 1.42. The number of carbonyl (C=O) groups is 1. The third kappa shape index (κ3) is 3.18. The molecule has 4 heteroatoms. The second kappa shape index (κ2) is 6.06. The molecule has 0 radical (unpaired) electrons. The Balaban J connectivity index is 2.06. The van der Waals surface area contributed by atoms with Crippen LogP contribution in [0, 0.1) is 11.8 Å². The van der Waals surface area contributed by atoms with E-state index >= 15 is 0 Å². The highest BCUT2D eigenvalue weighted by Gasteiger charge is 2.38. The van der Waals surface area contributed by atoms with Crippen molar-refractivity contribution < 1.29 is 14.6 Å². The SMILES string of the molecule is COC(=O)C1CC(O)CN1CC1C(C)=CCCC1C. The van der Waals surface area contributed by atoms with E-state index in [-0.39, 0.29) is 12.0 Å². The highest BCUT2D eigenvalue weighted by Crippen LogP contribution is 2.32. The number of likely N-dealkylation sites (tertiary alicyclic amines) is 1. The monoisotopic (exact) mass is 267 g/mol. The van der Waals surface area contributed by atoms with Gasteiger partial charge in [-0.25, -0.2) is 0 Å². The maximum absolute atomic E-state index is 11.8. The van der Waals surface area contributed by atoms with Gasteiger partial charge in [0.05, 0.1) is 13.2 Å². The van der Waals surface area contributed by atoms with Crippen LogP contribution in [0.2, 0.25) is 0 Å². The number of aliphatic hydroxyl groups is 1. The number of esters is 1. The average molecular weight is 267 g/mol. The van der Waals surface area contributed by atoms with Gasteiger partial charge in [0.1, 0.15) is 6.04 Å². The van der Waals surface area contributed by atoms with Crippen LogP contribution in [0.25, 0.3) is 0 Å². The van der Waals surface area contributed by atoms with Crippen molar-refractivity contribution in [1.82, 2.24) is 4.90 Å². The van der Waals surface area contributed by atoms with Crippen LogP contribution < -0.4 is 0 Å². The second-order valence-corrected chi connectivity index (χ2v) is 5.99. The first-order valence-corrected chi connectivity index (χ1v) is 7.19. The van der Waals surface area contributed by atoms with Crippen molar-refractivity contribution in [3.05, 3.63) is 11.6 Å². The molecule has 0 saturated carbocycles. The Morgan fingerprint density at radius 2 is 2.32 bits per heavy atom. The van der Waals surface area contributed by atoms with Crippen LogP contribution in [0.1, 0.15) is 33.1 Å². The third-order valence-corrected chi connectivity index (χ3v) is 4.65. The number of β-amino-alcohol motifs (C(OH)–C–C–N with tert-alkyl or cyclic N) is 1. The summed E-state index contributed by atoms with van der Waals surface area (Å²) in [5, 5.41) is 9.81. The summed E-state index contributed by atoms with van der Waals surface area (Å²) < 4.78 is 4.85. The van der Waals surface area contributed by atoms with Crippen LogP contribution in [0.3, 0.4) is 0 Å². The number of rotatable bonds is 3. The van der Waals surface area contributed by atoms with Gasteiger partial charge in [-0.15, -0.1) is 0 Å². The number of hydrogen-bond donors (Lipinski definition) is 1. The molecule has 1 aliphatic heterocycles. The summed E-state index contributed by atoms with van der Waals surface area (Å²) in [6, 6.07) is -0.276. The second-order valence-electron chi connectivity index (χ2n) is 5.99. The Hall–Kier alpha value is -0.870. The smallest absolute Gasteiger partial charge is 0.323 e. The van der Waals surface area contributed by atoms with E-state index < -0.39 is 6.10 Å². The standard InChI is InChI=1S/C15H25NO3/c1-10-5-4-6-11(2)13(10)9-16-8-12(17)7-14(16)15(18)19-3/h5,11-14,17H,4,6-9H2,1-3H3. The number of hydrogen-bond acceptors (Lipinski definition) is 4. The van der Waals surface area contributed by atoms with Gasteiger partial charge in [-0.3, -0.25) is 9.69 Å². The van der Waals surface area contributed by atoms with Crippen molar-refractivity contribution in [3.8, 4) is 0 Å². The zero-order valence-electron chi connectivity index (χ0n) is 12.1. The molecule has 1 saturated heterocycles. The summed E-state index contributed by atoms with van der Waals surface area (Å²) >= 11 is 0. The molecule has 1 aliphatic carbocycles. The van der Waals surface area contributed by atoms with E-state index in [4.69, 9.17) is 4.74 Å². The van der Waals surface area contributed by atoms with Gasteiger partial charge in [-0.1, -0.05) is 18.6 Å². The van der Waals surface area contributed by atoms with E-state index in [1.807, 2.05) is 0 Å². The van der Waals surface area contributed by atoms with E-state index in [9.17, 15) is 9.90 Å². The van der Waals surface area contributed by atoms with Crippen LogP contribution in [0.4, 0.5) is 0 Å². The Kier molecular flexibility index (Phi) is 4.63. The van der Waals surface area contributed by atoms with Crippen molar-refractivity contribution in [1.29, 1.82) is 0 Å². The van der Waals surface area contributed by atoms with Gasteiger partial charge < -0.3 is 9.84 Å². The van der Waals surface area contributed by atoms with Crippen LogP contribution in [-0.4, -0.2) is 48.3 Å². The molecular weight excluding hydrogens is 242 g/mol. The van der Waals surface area contributed by atoms with Crippen molar-refractivity contribution in [2.45, 2.75) is 45.3 Å². The number of nitrogens with zero attached hydrogens (tertiary/aromatic N) is 1. The first-order valence-electron chi connectivity index (χ1n) is 7.19. The Morgan fingerprint density at radius 3 is 2.95 bits per heavy atom. The van der Waals surface area contributed by atoms with Crippen molar-refractivity contribution >= 4 is 5.97 Å². The molecule has 0 aromatic heterocycles. The maximum atomic E-state index is 11.8. The molecule has 108 valence electrons. The summed E-state index contributed by atoms with van der Waals surface area (Å²) in [6.07, 6.45) is 4.77. The summed E-state index contributed by atoms with van der Waals surface area (Å²) in [7, 11) is 1.42. The first-order chi connectivity index (χ1) is 9.02. The molecule has 2 rings (SSSR count). The van der Waals surface area contributed by atoms with Gasteiger partial charge in [0.2, 0.25) is 0 Å². The lowest BCUT2D eigenvalue weighted by Gasteiger charge is -2.34. The highest BCUT2D eigenvalue weighted by atomic mass is 16.5. The molecule has 0 aromatic rings. The zero-order chi connectivity index (χ0) is 14.0. The minimum atomic E-state index is -0.410. The highest BCUT2D eigenvalue weighted by molar-refractivity contribution is 5.76. The average Bonchev–Trinajstić information content (AvgIpc) is 2.74. The molecule has 1 N–H and O–H groups in total. The fourth-order valence-corrected chi connectivity index (χ4v) is 3.41. The number of ether oxygens (including phenoxy) is 1. The fourth-order valence-electron chi connectivity index (χ4n) is 3.41. The van der Waals surface area contributed by atoms with Crippen LogP contribution in [0.5, 0.6) is 0 Å². The van der Waals surface area contributed by atoms with E-state index in [0.29, 0.717) is 24.8 Å². The molecule has 0 amide bonds. The molecule has 0 bridgehead atoms. The summed E-state index contributed by atoms with van der Waals surface area (Å²) in [6.45, 7) is 5.89. The summed E-state index contributed by atoms with van der Waals surface area (Å²) in [5.74, 6) is 0.911. The number of methoxy groups -OCH3 is 1. The van der Waals surface area contributed by atoms with E-state index in [1.54, 1.807) is 0 Å². The number of carbonyl (C=O) groups excluding carboxylic acids is 1. The van der Waals surface area contributed by atoms with Crippen molar-refractivity contribution in [2.75, 3.05) is 20.2 Å². The number of aliphatic hydroxyl groups excluding tert-OH is 1. The van der Waals surface area contributed by atoms with Gasteiger partial charge in [0.15, 0.2) is 0 Å². The molecular formula is C15H25NO3. The molecule has 4 nitrogen and oxygen atoms in total. The zero-order valence-corrected chi connectivity index (χ0v) is 12.1. The Bertz CT molecular complexity index is 366. The predicted octanol–water partition coefficient (Wildman–Crippen LogP) is 1.59.